The topological polar surface area (TPSA) is 84.5 Å². The van der Waals surface area contributed by atoms with Crippen LogP contribution < -0.4 is 14.8 Å². The summed E-state index contributed by atoms with van der Waals surface area (Å²) in [6.07, 6.45) is 0.672. The van der Waals surface area contributed by atoms with Crippen molar-refractivity contribution in [2.45, 2.75) is 51.2 Å². The van der Waals surface area contributed by atoms with E-state index >= 15 is 0 Å². The van der Waals surface area contributed by atoms with Crippen LogP contribution in [0, 0.1) is 0 Å². The fourth-order valence-corrected chi connectivity index (χ4v) is 3.89. The molecule has 0 aliphatic rings. The molecular formula is C20H25ClN2O4S. The number of carbonyl (C=O) groups excluding carboxylic acids is 1. The van der Waals surface area contributed by atoms with Crippen molar-refractivity contribution in [2.75, 3.05) is 5.32 Å². The number of carbonyl (C=O) groups is 1. The zero-order valence-corrected chi connectivity index (χ0v) is 17.9. The number of sulfonamides is 1. The van der Waals surface area contributed by atoms with E-state index in [4.69, 9.17) is 16.3 Å². The van der Waals surface area contributed by atoms with E-state index in [0.29, 0.717) is 28.4 Å². The monoisotopic (exact) mass is 424 g/mol. The van der Waals surface area contributed by atoms with E-state index in [0.717, 1.165) is 0 Å². The molecule has 28 heavy (non-hydrogen) atoms. The first-order valence-corrected chi connectivity index (χ1v) is 10.9. The molecule has 0 aromatic heterocycles. The van der Waals surface area contributed by atoms with Gasteiger partial charge in [-0.15, -0.1) is 0 Å². The zero-order chi connectivity index (χ0) is 20.9. The number of anilines is 1. The Hall–Kier alpha value is -2.09. The third kappa shape index (κ3) is 5.95. The second-order valence-corrected chi connectivity index (χ2v) is 8.84. The fourth-order valence-electron chi connectivity index (χ4n) is 2.33. The zero-order valence-electron chi connectivity index (χ0n) is 16.3. The molecule has 2 aromatic rings. The average Bonchev–Trinajstić information content (AvgIpc) is 2.63. The van der Waals surface area contributed by atoms with E-state index in [1.807, 2.05) is 20.8 Å². The van der Waals surface area contributed by atoms with Crippen LogP contribution in [0.25, 0.3) is 0 Å². The Labute approximate surface area is 171 Å². The van der Waals surface area contributed by atoms with Crippen molar-refractivity contribution in [2.24, 2.45) is 0 Å². The number of nitrogens with one attached hydrogen (secondary N) is 2. The van der Waals surface area contributed by atoms with E-state index in [2.05, 4.69) is 10.0 Å². The van der Waals surface area contributed by atoms with E-state index < -0.39 is 10.0 Å². The van der Waals surface area contributed by atoms with E-state index in [1.54, 1.807) is 25.1 Å². The molecule has 1 unspecified atom stereocenters. The lowest BCUT2D eigenvalue weighted by molar-refractivity contribution is 0.102. The van der Waals surface area contributed by atoms with Crippen molar-refractivity contribution in [3.8, 4) is 5.75 Å². The van der Waals surface area contributed by atoms with Crippen molar-refractivity contribution < 1.29 is 17.9 Å². The van der Waals surface area contributed by atoms with Crippen LogP contribution in [0.3, 0.4) is 0 Å². The van der Waals surface area contributed by atoms with Crippen molar-refractivity contribution in [1.82, 2.24) is 4.72 Å². The smallest absolute Gasteiger partial charge is 0.255 e. The van der Waals surface area contributed by atoms with Crippen LogP contribution in [-0.4, -0.2) is 26.5 Å². The van der Waals surface area contributed by atoms with Gasteiger partial charge in [0.1, 0.15) is 5.75 Å². The maximum Gasteiger partial charge on any atom is 0.255 e. The molecule has 8 heteroatoms. The molecule has 6 nitrogen and oxygen atoms in total. The Kier molecular flexibility index (Phi) is 7.46. The maximum atomic E-state index is 12.4. The van der Waals surface area contributed by atoms with Crippen LogP contribution in [0.4, 0.5) is 5.69 Å². The first kappa shape index (κ1) is 22.2. The normalized spacial score (nSPS) is 12.6. The lowest BCUT2D eigenvalue weighted by Crippen LogP contribution is -2.32. The summed E-state index contributed by atoms with van der Waals surface area (Å²) in [6.45, 7) is 7.49. The number of benzene rings is 2. The van der Waals surface area contributed by atoms with Crippen LogP contribution in [0.2, 0.25) is 5.02 Å². The predicted molar refractivity (Wildman–Crippen MR) is 112 cm³/mol. The predicted octanol–water partition coefficient (Wildman–Crippen LogP) is 4.46. The van der Waals surface area contributed by atoms with Crippen molar-refractivity contribution in [1.29, 1.82) is 0 Å². The number of hydrogen-bond acceptors (Lipinski definition) is 4. The Morgan fingerprint density at radius 3 is 2.29 bits per heavy atom. The summed E-state index contributed by atoms with van der Waals surface area (Å²) >= 11 is 6.18. The van der Waals surface area contributed by atoms with Gasteiger partial charge in [0, 0.05) is 17.3 Å². The third-order valence-electron chi connectivity index (χ3n) is 3.95. The Bertz CT molecular complexity index is 928. The summed E-state index contributed by atoms with van der Waals surface area (Å²) in [5.74, 6) is 0.172. The number of hydrogen-bond donors (Lipinski definition) is 2. The molecular weight excluding hydrogens is 400 g/mol. The van der Waals surface area contributed by atoms with Gasteiger partial charge in [-0.2, -0.15) is 0 Å². The van der Waals surface area contributed by atoms with Crippen molar-refractivity contribution >= 4 is 33.2 Å². The fraction of sp³-hybridized carbons (Fsp3) is 0.350. The molecule has 0 saturated carbocycles. The molecule has 0 fully saturated rings. The first-order valence-electron chi connectivity index (χ1n) is 9.02. The van der Waals surface area contributed by atoms with Gasteiger partial charge in [-0.1, -0.05) is 18.5 Å². The standard InChI is InChI=1S/C20H25ClN2O4S/c1-5-14(4)23-28(25,26)17-9-6-15(7-10-17)20(24)22-16-8-11-19(18(21)12-16)27-13(2)3/h6-14,23H,5H2,1-4H3,(H,22,24). The summed E-state index contributed by atoms with van der Waals surface area (Å²) < 4.78 is 32.7. The van der Waals surface area contributed by atoms with Crippen LogP contribution in [0.15, 0.2) is 47.4 Å². The number of halogens is 1. The summed E-state index contributed by atoms with van der Waals surface area (Å²) in [5.41, 5.74) is 0.849. The minimum absolute atomic E-state index is 0.0115. The molecule has 152 valence electrons. The molecule has 1 atom stereocenters. The molecule has 0 bridgehead atoms. The minimum Gasteiger partial charge on any atom is -0.489 e. The highest BCUT2D eigenvalue weighted by Crippen LogP contribution is 2.28. The molecule has 0 aliphatic carbocycles. The summed E-state index contributed by atoms with van der Waals surface area (Å²) in [7, 11) is -3.61. The molecule has 2 aromatic carbocycles. The number of amides is 1. The van der Waals surface area contributed by atoms with Crippen molar-refractivity contribution in [3.63, 3.8) is 0 Å². The van der Waals surface area contributed by atoms with Crippen molar-refractivity contribution in [3.05, 3.63) is 53.1 Å². The lowest BCUT2D eigenvalue weighted by atomic mass is 10.2. The van der Waals surface area contributed by atoms with Gasteiger partial charge < -0.3 is 10.1 Å². The molecule has 1 amide bonds. The van der Waals surface area contributed by atoms with E-state index in [1.165, 1.54) is 24.3 Å². The third-order valence-corrected chi connectivity index (χ3v) is 5.85. The molecule has 2 N–H and O–H groups in total. The van der Waals surface area contributed by atoms with Gasteiger partial charge >= 0.3 is 0 Å². The van der Waals surface area contributed by atoms with Crippen LogP contribution in [-0.2, 0) is 10.0 Å². The highest BCUT2D eigenvalue weighted by atomic mass is 35.5. The van der Waals surface area contributed by atoms with Gasteiger partial charge in [0.25, 0.3) is 5.91 Å². The maximum absolute atomic E-state index is 12.4. The first-order chi connectivity index (χ1) is 13.1. The molecule has 0 heterocycles. The Balaban J connectivity index is 2.10. The second kappa shape index (κ2) is 9.41. The van der Waals surface area contributed by atoms with Crippen LogP contribution >= 0.6 is 11.6 Å². The molecule has 0 spiro atoms. The van der Waals surface area contributed by atoms with Gasteiger partial charge in [-0.3, -0.25) is 4.79 Å². The van der Waals surface area contributed by atoms with E-state index in [9.17, 15) is 13.2 Å². The van der Waals surface area contributed by atoms with Gasteiger partial charge in [-0.25, -0.2) is 13.1 Å². The lowest BCUT2D eigenvalue weighted by Gasteiger charge is -2.13. The second-order valence-electron chi connectivity index (χ2n) is 6.72. The average molecular weight is 425 g/mol. The number of ether oxygens (including phenoxy) is 1. The van der Waals surface area contributed by atoms with Crippen LogP contribution in [0.1, 0.15) is 44.5 Å². The molecule has 0 aliphatic heterocycles. The largest absolute Gasteiger partial charge is 0.489 e. The summed E-state index contributed by atoms with van der Waals surface area (Å²) in [6, 6.07) is 10.6. The quantitative estimate of drug-likeness (QED) is 0.655. The Morgan fingerprint density at radius 1 is 1.11 bits per heavy atom. The molecule has 0 radical (unpaired) electrons. The Morgan fingerprint density at radius 2 is 1.75 bits per heavy atom. The highest BCUT2D eigenvalue weighted by Gasteiger charge is 2.17. The SMILES string of the molecule is CCC(C)NS(=O)(=O)c1ccc(C(=O)Nc2ccc(OC(C)C)c(Cl)c2)cc1. The van der Waals surface area contributed by atoms with Gasteiger partial charge in [0.05, 0.1) is 16.0 Å². The minimum atomic E-state index is -3.61. The van der Waals surface area contributed by atoms with E-state index in [-0.39, 0.29) is 22.9 Å². The highest BCUT2D eigenvalue weighted by molar-refractivity contribution is 7.89. The molecule has 0 saturated heterocycles. The summed E-state index contributed by atoms with van der Waals surface area (Å²) in [5, 5.41) is 3.13. The summed E-state index contributed by atoms with van der Waals surface area (Å²) in [4.78, 5) is 12.5. The van der Waals surface area contributed by atoms with Crippen LogP contribution in [0.5, 0.6) is 5.75 Å². The van der Waals surface area contributed by atoms with Gasteiger partial charge in [0.2, 0.25) is 10.0 Å². The molecule has 2 rings (SSSR count). The number of rotatable bonds is 8. The van der Waals surface area contributed by atoms with Gasteiger partial charge in [-0.05, 0) is 69.7 Å². The van der Waals surface area contributed by atoms with Gasteiger partial charge in [0.15, 0.2) is 0 Å².